The van der Waals surface area contributed by atoms with Crippen LogP contribution in [0, 0.1) is 0 Å². The lowest BCUT2D eigenvalue weighted by atomic mass is 9.83. The van der Waals surface area contributed by atoms with E-state index in [-0.39, 0.29) is 11.6 Å². The Bertz CT molecular complexity index is 1050. The highest BCUT2D eigenvalue weighted by molar-refractivity contribution is 5.81. The van der Waals surface area contributed by atoms with Gasteiger partial charge in [-0.15, -0.1) is 0 Å². The molecule has 192 valence electrons. The van der Waals surface area contributed by atoms with Gasteiger partial charge < -0.3 is 19.0 Å². The molecule has 2 rings (SSSR count). The standard InChI is InChI=1S/C27H36O8/c1-26(2,24-14-20(30)22(32)16-34-24)12-6-10-18(28)8-5-9-19(29)11-7-13-27(3,4)25-15-21(31)23(33)17-35-25/h14-17,32-33H,5-13H2,1-4H3. The Balaban J connectivity index is 1.66. The van der Waals surface area contributed by atoms with E-state index in [0.29, 0.717) is 69.3 Å². The zero-order valence-corrected chi connectivity index (χ0v) is 21.0. The molecule has 0 aliphatic carbocycles. The van der Waals surface area contributed by atoms with Crippen LogP contribution in [0.4, 0.5) is 0 Å². The molecule has 2 N–H and O–H groups in total. The second-order valence-corrected chi connectivity index (χ2v) is 10.4. The summed E-state index contributed by atoms with van der Waals surface area (Å²) in [7, 11) is 0. The van der Waals surface area contributed by atoms with E-state index in [0.717, 1.165) is 12.5 Å². The van der Waals surface area contributed by atoms with Crippen LogP contribution in [0.5, 0.6) is 11.5 Å². The predicted octanol–water partition coefficient (Wildman–Crippen LogP) is 4.91. The molecular weight excluding hydrogens is 452 g/mol. The largest absolute Gasteiger partial charge is 0.502 e. The van der Waals surface area contributed by atoms with Crippen molar-refractivity contribution in [1.29, 1.82) is 0 Å². The first-order valence-electron chi connectivity index (χ1n) is 12.0. The van der Waals surface area contributed by atoms with Crippen molar-refractivity contribution in [3.63, 3.8) is 0 Å². The van der Waals surface area contributed by atoms with Crippen molar-refractivity contribution in [2.24, 2.45) is 0 Å². The molecule has 0 bridgehead atoms. The zero-order chi connectivity index (χ0) is 26.2. The van der Waals surface area contributed by atoms with Gasteiger partial charge in [0.05, 0.1) is 0 Å². The van der Waals surface area contributed by atoms with Crippen molar-refractivity contribution in [2.75, 3.05) is 0 Å². The van der Waals surface area contributed by atoms with Crippen LogP contribution in [0.1, 0.15) is 97.0 Å². The monoisotopic (exact) mass is 488 g/mol. The van der Waals surface area contributed by atoms with E-state index in [1.54, 1.807) is 0 Å². The Kier molecular flexibility index (Phi) is 9.63. The maximum absolute atomic E-state index is 12.2. The molecule has 0 saturated heterocycles. The van der Waals surface area contributed by atoms with Crippen LogP contribution in [0.25, 0.3) is 0 Å². The van der Waals surface area contributed by atoms with Gasteiger partial charge in [0.2, 0.25) is 10.9 Å². The van der Waals surface area contributed by atoms with Crippen LogP contribution in [-0.2, 0) is 20.4 Å². The van der Waals surface area contributed by atoms with E-state index in [1.165, 1.54) is 12.1 Å². The summed E-state index contributed by atoms with van der Waals surface area (Å²) in [5.41, 5.74) is -1.87. The summed E-state index contributed by atoms with van der Waals surface area (Å²) in [4.78, 5) is 47.7. The fourth-order valence-electron chi connectivity index (χ4n) is 3.95. The van der Waals surface area contributed by atoms with Crippen LogP contribution in [0.2, 0.25) is 0 Å². The summed E-state index contributed by atoms with van der Waals surface area (Å²) in [6.45, 7) is 7.68. The fraction of sp³-hybridized carbons (Fsp3) is 0.556. The van der Waals surface area contributed by atoms with Crippen molar-refractivity contribution in [3.8, 4) is 11.5 Å². The molecule has 2 aromatic rings. The highest BCUT2D eigenvalue weighted by atomic mass is 16.4. The SMILES string of the molecule is CC(C)(CCCC(=O)CCCC(=O)CCCC(C)(C)c1cc(=O)c(O)co1)c1cc(=O)c(O)co1. The van der Waals surface area contributed by atoms with Gasteiger partial charge in [0.25, 0.3) is 0 Å². The van der Waals surface area contributed by atoms with E-state index in [1.807, 2.05) is 27.7 Å². The molecule has 0 aliphatic rings. The van der Waals surface area contributed by atoms with Crippen LogP contribution < -0.4 is 10.9 Å². The number of Topliss-reactive ketones (excluding diaryl/α,β-unsaturated/α-hetero) is 2. The highest BCUT2D eigenvalue weighted by Gasteiger charge is 2.25. The minimum atomic E-state index is -0.490. The van der Waals surface area contributed by atoms with Gasteiger partial charge >= 0.3 is 0 Å². The first-order chi connectivity index (χ1) is 16.3. The van der Waals surface area contributed by atoms with Crippen LogP contribution in [0.3, 0.4) is 0 Å². The molecule has 0 spiro atoms. The third kappa shape index (κ3) is 8.53. The summed E-state index contributed by atoms with van der Waals surface area (Å²) in [5, 5.41) is 18.7. The molecule has 0 radical (unpaired) electrons. The summed E-state index contributed by atoms with van der Waals surface area (Å²) < 4.78 is 10.7. The molecule has 35 heavy (non-hydrogen) atoms. The third-order valence-electron chi connectivity index (χ3n) is 6.38. The first kappa shape index (κ1) is 28.1. The molecule has 8 heteroatoms. The number of hydrogen-bond donors (Lipinski definition) is 2. The summed E-state index contributed by atoms with van der Waals surface area (Å²) >= 11 is 0. The Labute approximate surface area is 205 Å². The normalized spacial score (nSPS) is 12.0. The molecule has 0 unspecified atom stereocenters. The number of carbonyl (C=O) groups is 2. The van der Waals surface area contributed by atoms with Gasteiger partial charge in [-0.1, -0.05) is 27.7 Å². The fourth-order valence-corrected chi connectivity index (χ4v) is 3.95. The van der Waals surface area contributed by atoms with Gasteiger partial charge in [-0.25, -0.2) is 0 Å². The van der Waals surface area contributed by atoms with Gasteiger partial charge in [-0.3, -0.25) is 19.2 Å². The van der Waals surface area contributed by atoms with Crippen LogP contribution in [0.15, 0.2) is 43.1 Å². The van der Waals surface area contributed by atoms with Crippen molar-refractivity contribution in [3.05, 3.63) is 56.6 Å². The summed E-state index contributed by atoms with van der Waals surface area (Å²) in [5.74, 6) is 0.281. The second-order valence-electron chi connectivity index (χ2n) is 10.4. The average molecular weight is 489 g/mol. The topological polar surface area (TPSA) is 135 Å². The molecule has 0 amide bonds. The Hall–Kier alpha value is -3.16. The Morgan fingerprint density at radius 1 is 0.686 bits per heavy atom. The molecule has 0 aromatic carbocycles. The van der Waals surface area contributed by atoms with Gasteiger partial charge in [0.1, 0.15) is 35.6 Å². The molecule has 0 atom stereocenters. The lowest BCUT2D eigenvalue weighted by molar-refractivity contribution is -0.120. The second kappa shape index (κ2) is 12.0. The molecule has 8 nitrogen and oxygen atoms in total. The van der Waals surface area contributed by atoms with Gasteiger partial charge in [0, 0.05) is 48.6 Å². The number of rotatable bonds is 14. The van der Waals surface area contributed by atoms with Gasteiger partial charge in [-0.2, -0.15) is 0 Å². The highest BCUT2D eigenvalue weighted by Crippen LogP contribution is 2.30. The predicted molar refractivity (Wildman–Crippen MR) is 131 cm³/mol. The van der Waals surface area contributed by atoms with Gasteiger partial charge in [0.15, 0.2) is 11.5 Å². The summed E-state index contributed by atoms with van der Waals surface area (Å²) in [6.07, 6.45) is 6.63. The zero-order valence-electron chi connectivity index (χ0n) is 21.0. The van der Waals surface area contributed by atoms with Crippen LogP contribution >= 0.6 is 0 Å². The number of hydrogen-bond acceptors (Lipinski definition) is 8. The third-order valence-corrected chi connectivity index (χ3v) is 6.38. The van der Waals surface area contributed by atoms with Crippen molar-refractivity contribution in [1.82, 2.24) is 0 Å². The van der Waals surface area contributed by atoms with E-state index < -0.39 is 33.2 Å². The Morgan fingerprint density at radius 3 is 1.37 bits per heavy atom. The van der Waals surface area contributed by atoms with E-state index in [9.17, 15) is 29.4 Å². The van der Waals surface area contributed by atoms with E-state index in [4.69, 9.17) is 8.83 Å². The van der Waals surface area contributed by atoms with E-state index in [2.05, 4.69) is 0 Å². The number of ketones is 2. The molecule has 0 aliphatic heterocycles. The van der Waals surface area contributed by atoms with Gasteiger partial charge in [-0.05, 0) is 32.1 Å². The van der Waals surface area contributed by atoms with E-state index >= 15 is 0 Å². The Morgan fingerprint density at radius 2 is 1.03 bits per heavy atom. The number of carbonyl (C=O) groups excluding carboxylic acids is 2. The molecule has 0 fully saturated rings. The lowest BCUT2D eigenvalue weighted by Gasteiger charge is -2.23. The van der Waals surface area contributed by atoms with Crippen molar-refractivity contribution < 1.29 is 28.6 Å². The number of aromatic hydroxyl groups is 2. The average Bonchev–Trinajstić information content (AvgIpc) is 2.77. The lowest BCUT2D eigenvalue weighted by Crippen LogP contribution is -2.19. The quantitative estimate of drug-likeness (QED) is 0.383. The van der Waals surface area contributed by atoms with Crippen molar-refractivity contribution >= 4 is 11.6 Å². The molecule has 0 saturated carbocycles. The maximum Gasteiger partial charge on any atom is 0.226 e. The maximum atomic E-state index is 12.2. The minimum absolute atomic E-state index is 0.101. The summed E-state index contributed by atoms with van der Waals surface area (Å²) in [6, 6.07) is 2.56. The smallest absolute Gasteiger partial charge is 0.226 e. The van der Waals surface area contributed by atoms with Crippen molar-refractivity contribution in [2.45, 2.75) is 96.3 Å². The minimum Gasteiger partial charge on any atom is -0.502 e. The molecule has 2 heterocycles. The first-order valence-corrected chi connectivity index (χ1v) is 12.0. The molecular formula is C27H36O8. The van der Waals surface area contributed by atoms with Crippen LogP contribution in [-0.4, -0.2) is 21.8 Å². The molecule has 2 aromatic heterocycles.